The Morgan fingerprint density at radius 2 is 1.60 bits per heavy atom. The second kappa shape index (κ2) is 7.06. The molecule has 2 fully saturated rings. The zero-order chi connectivity index (χ0) is 18.0. The maximum absolute atomic E-state index is 12.6. The van der Waals surface area contributed by atoms with E-state index in [1.165, 1.54) is 0 Å². The maximum atomic E-state index is 12.6. The van der Waals surface area contributed by atoms with E-state index in [0.29, 0.717) is 6.42 Å². The minimum Gasteiger partial charge on any atom is -0.346 e. The fourth-order valence-corrected chi connectivity index (χ4v) is 4.15. The number of nitrogens with one attached hydrogen (secondary N) is 1. The zero-order valence-electron chi connectivity index (χ0n) is 15.6. The Morgan fingerprint density at radius 3 is 2.24 bits per heavy atom. The SMILES string of the molecule is Cc1cc(C)cc(NC(=O)N2CCC3(CCC(=O)N(C)CC3)CC2)c1. The molecule has 2 aliphatic rings. The van der Waals surface area contributed by atoms with Crippen LogP contribution < -0.4 is 5.32 Å². The van der Waals surface area contributed by atoms with E-state index in [4.69, 9.17) is 0 Å². The summed E-state index contributed by atoms with van der Waals surface area (Å²) < 4.78 is 0. The number of hydrogen-bond acceptors (Lipinski definition) is 2. The molecule has 0 radical (unpaired) electrons. The second-order valence-corrected chi connectivity index (χ2v) is 7.86. The number of hydrogen-bond donors (Lipinski definition) is 1. The van der Waals surface area contributed by atoms with Crippen LogP contribution in [0.15, 0.2) is 18.2 Å². The standard InChI is InChI=1S/C20H29N3O2/c1-15-12-16(2)14-17(13-15)21-19(25)23-10-7-20(8-11-23)5-4-18(24)22(3)9-6-20/h12-14H,4-11H2,1-3H3,(H,21,25). The van der Waals surface area contributed by atoms with E-state index < -0.39 is 0 Å². The van der Waals surface area contributed by atoms with E-state index in [1.807, 2.05) is 42.8 Å². The summed E-state index contributed by atoms with van der Waals surface area (Å²) in [6.45, 7) is 6.46. The Kier molecular flexibility index (Phi) is 5.02. The molecular formula is C20H29N3O2. The zero-order valence-corrected chi connectivity index (χ0v) is 15.6. The molecule has 25 heavy (non-hydrogen) atoms. The summed E-state index contributed by atoms with van der Waals surface area (Å²) in [6.07, 6.45) is 4.65. The predicted octanol–water partition coefficient (Wildman–Crippen LogP) is 3.56. The third kappa shape index (κ3) is 4.14. The average molecular weight is 343 g/mol. The van der Waals surface area contributed by atoms with Crippen LogP contribution in [0, 0.1) is 19.3 Å². The number of urea groups is 1. The third-order valence-electron chi connectivity index (χ3n) is 5.86. The molecule has 1 N–H and O–H groups in total. The molecule has 0 aromatic heterocycles. The minimum atomic E-state index is -0.0123. The highest BCUT2D eigenvalue weighted by Crippen LogP contribution is 2.41. The van der Waals surface area contributed by atoms with Crippen LogP contribution in [-0.4, -0.2) is 48.4 Å². The third-order valence-corrected chi connectivity index (χ3v) is 5.86. The topological polar surface area (TPSA) is 52.7 Å². The summed E-state index contributed by atoms with van der Waals surface area (Å²) in [7, 11) is 1.90. The van der Waals surface area contributed by atoms with E-state index in [9.17, 15) is 9.59 Å². The van der Waals surface area contributed by atoms with Gasteiger partial charge in [-0.1, -0.05) is 6.07 Å². The van der Waals surface area contributed by atoms with Crippen molar-refractivity contribution in [1.82, 2.24) is 9.80 Å². The van der Waals surface area contributed by atoms with Gasteiger partial charge in [0.25, 0.3) is 0 Å². The molecule has 3 rings (SSSR count). The van der Waals surface area contributed by atoms with Gasteiger partial charge in [0.05, 0.1) is 0 Å². The van der Waals surface area contributed by atoms with Crippen LogP contribution in [0.4, 0.5) is 10.5 Å². The summed E-state index contributed by atoms with van der Waals surface area (Å²) in [6, 6.07) is 6.10. The smallest absolute Gasteiger partial charge is 0.321 e. The van der Waals surface area contributed by atoms with Crippen LogP contribution in [0.25, 0.3) is 0 Å². The fourth-order valence-electron chi connectivity index (χ4n) is 4.15. The van der Waals surface area contributed by atoms with Crippen LogP contribution in [-0.2, 0) is 4.79 Å². The molecule has 1 spiro atoms. The molecule has 0 aliphatic carbocycles. The molecule has 2 heterocycles. The lowest BCUT2D eigenvalue weighted by Crippen LogP contribution is -2.45. The van der Waals surface area contributed by atoms with Crippen molar-refractivity contribution < 1.29 is 9.59 Å². The normalized spacial score (nSPS) is 20.5. The predicted molar refractivity (Wildman–Crippen MR) is 99.7 cm³/mol. The molecule has 1 aromatic rings. The van der Waals surface area contributed by atoms with Gasteiger partial charge in [-0.25, -0.2) is 4.79 Å². The Bertz CT molecular complexity index is 643. The second-order valence-electron chi connectivity index (χ2n) is 7.86. The molecule has 1 aromatic carbocycles. The van der Waals surface area contributed by atoms with Gasteiger partial charge in [0.2, 0.25) is 5.91 Å². The van der Waals surface area contributed by atoms with Crippen molar-refractivity contribution in [3.05, 3.63) is 29.3 Å². The van der Waals surface area contributed by atoms with E-state index in [2.05, 4.69) is 11.4 Å². The van der Waals surface area contributed by atoms with Crippen LogP contribution in [0.2, 0.25) is 0 Å². The number of aryl methyl sites for hydroxylation is 2. The maximum Gasteiger partial charge on any atom is 0.321 e. The molecule has 5 heteroatoms. The molecular weight excluding hydrogens is 314 g/mol. The van der Waals surface area contributed by atoms with Crippen molar-refractivity contribution >= 4 is 17.6 Å². The molecule has 0 unspecified atom stereocenters. The number of anilines is 1. The van der Waals surface area contributed by atoms with Gasteiger partial charge in [0.15, 0.2) is 0 Å². The molecule has 0 atom stereocenters. The van der Waals surface area contributed by atoms with Gasteiger partial charge in [-0.05, 0) is 68.2 Å². The van der Waals surface area contributed by atoms with Gasteiger partial charge < -0.3 is 15.1 Å². The molecule has 0 saturated carbocycles. The Hall–Kier alpha value is -2.04. The Balaban J connectivity index is 1.58. The first-order chi connectivity index (χ1) is 11.9. The lowest BCUT2D eigenvalue weighted by molar-refractivity contribution is -0.129. The summed E-state index contributed by atoms with van der Waals surface area (Å²) in [5.74, 6) is 0.256. The van der Waals surface area contributed by atoms with Crippen molar-refractivity contribution in [2.24, 2.45) is 5.41 Å². The van der Waals surface area contributed by atoms with E-state index in [1.54, 1.807) is 0 Å². The summed E-state index contributed by atoms with van der Waals surface area (Å²) in [5, 5.41) is 3.04. The molecule has 5 nitrogen and oxygen atoms in total. The van der Waals surface area contributed by atoms with Gasteiger partial charge in [-0.2, -0.15) is 0 Å². The highest BCUT2D eigenvalue weighted by molar-refractivity contribution is 5.89. The monoisotopic (exact) mass is 343 g/mol. The largest absolute Gasteiger partial charge is 0.346 e. The molecule has 2 aliphatic heterocycles. The van der Waals surface area contributed by atoms with E-state index >= 15 is 0 Å². The Labute approximate surface area is 150 Å². The van der Waals surface area contributed by atoms with Gasteiger partial charge in [-0.15, -0.1) is 0 Å². The number of amides is 3. The highest BCUT2D eigenvalue weighted by Gasteiger charge is 2.38. The number of piperidine rings is 1. The number of rotatable bonds is 1. The van der Waals surface area contributed by atoms with Crippen LogP contribution in [0.1, 0.15) is 43.2 Å². The fraction of sp³-hybridized carbons (Fsp3) is 0.600. The van der Waals surface area contributed by atoms with Crippen LogP contribution in [0.5, 0.6) is 0 Å². The quantitative estimate of drug-likeness (QED) is 0.848. The summed E-state index contributed by atoms with van der Waals surface area (Å²) in [5.41, 5.74) is 3.40. The summed E-state index contributed by atoms with van der Waals surface area (Å²) >= 11 is 0. The lowest BCUT2D eigenvalue weighted by atomic mass is 9.73. The molecule has 136 valence electrons. The highest BCUT2D eigenvalue weighted by atomic mass is 16.2. The van der Waals surface area contributed by atoms with E-state index in [0.717, 1.165) is 62.1 Å². The van der Waals surface area contributed by atoms with Crippen molar-refractivity contribution in [1.29, 1.82) is 0 Å². The lowest BCUT2D eigenvalue weighted by Gasteiger charge is -2.41. The van der Waals surface area contributed by atoms with Gasteiger partial charge in [-0.3, -0.25) is 4.79 Å². The number of nitrogens with zero attached hydrogens (tertiary/aromatic N) is 2. The molecule has 2 saturated heterocycles. The van der Waals surface area contributed by atoms with E-state index in [-0.39, 0.29) is 17.4 Å². The number of carbonyl (C=O) groups excluding carboxylic acids is 2. The van der Waals surface area contributed by atoms with Crippen molar-refractivity contribution in [2.75, 3.05) is 32.0 Å². The number of likely N-dealkylation sites (tertiary alicyclic amines) is 2. The van der Waals surface area contributed by atoms with Crippen molar-refractivity contribution in [2.45, 2.75) is 46.0 Å². The molecule has 3 amide bonds. The number of benzene rings is 1. The first kappa shape index (κ1) is 17.8. The number of carbonyl (C=O) groups is 2. The Morgan fingerprint density at radius 1 is 1.00 bits per heavy atom. The van der Waals surface area contributed by atoms with Crippen molar-refractivity contribution in [3.63, 3.8) is 0 Å². The van der Waals surface area contributed by atoms with Gasteiger partial charge >= 0.3 is 6.03 Å². The minimum absolute atomic E-state index is 0.0123. The average Bonchev–Trinajstić information content (AvgIpc) is 2.69. The van der Waals surface area contributed by atoms with Crippen LogP contribution in [0.3, 0.4) is 0 Å². The molecule has 0 bridgehead atoms. The summed E-state index contributed by atoms with van der Waals surface area (Å²) in [4.78, 5) is 28.3. The van der Waals surface area contributed by atoms with Crippen molar-refractivity contribution in [3.8, 4) is 0 Å². The van der Waals surface area contributed by atoms with Gasteiger partial charge in [0.1, 0.15) is 0 Å². The first-order valence-corrected chi connectivity index (χ1v) is 9.25. The van der Waals surface area contributed by atoms with Gasteiger partial charge in [0, 0.05) is 38.8 Å². The first-order valence-electron chi connectivity index (χ1n) is 9.25. The van der Waals surface area contributed by atoms with Crippen LogP contribution >= 0.6 is 0 Å².